The van der Waals surface area contributed by atoms with Gasteiger partial charge in [0.25, 0.3) is 0 Å². The van der Waals surface area contributed by atoms with Gasteiger partial charge in [-0.2, -0.15) is 18.3 Å². The first kappa shape index (κ1) is 14.4. The molecule has 0 atom stereocenters. The average Bonchev–Trinajstić information content (AvgIpc) is 3.22. The Kier molecular flexibility index (Phi) is 3.08. The largest absolute Gasteiger partial charge is 0.417 e. The monoisotopic (exact) mass is 330 g/mol. The van der Waals surface area contributed by atoms with Gasteiger partial charge in [0.2, 0.25) is 0 Å². The molecule has 0 spiro atoms. The Morgan fingerprint density at radius 1 is 1.04 bits per heavy atom. The fourth-order valence-electron chi connectivity index (χ4n) is 2.33. The highest BCUT2D eigenvalue weighted by atomic mass is 19.4. The van der Waals surface area contributed by atoms with E-state index in [0.29, 0.717) is 22.7 Å². The van der Waals surface area contributed by atoms with Crippen LogP contribution in [-0.4, -0.2) is 29.4 Å². The smallest absolute Gasteiger partial charge is 0.262 e. The predicted molar refractivity (Wildman–Crippen MR) is 78.3 cm³/mol. The van der Waals surface area contributed by atoms with Crippen LogP contribution in [0.5, 0.6) is 0 Å². The molecular formula is C15H9F3N6. The third kappa shape index (κ3) is 2.39. The van der Waals surface area contributed by atoms with Gasteiger partial charge in [-0.1, -0.05) is 0 Å². The van der Waals surface area contributed by atoms with Crippen molar-refractivity contribution in [2.45, 2.75) is 6.18 Å². The number of alkyl halides is 3. The molecule has 6 nitrogen and oxygen atoms in total. The molecule has 120 valence electrons. The van der Waals surface area contributed by atoms with Gasteiger partial charge in [-0.3, -0.25) is 4.98 Å². The second-order valence-electron chi connectivity index (χ2n) is 5.00. The van der Waals surface area contributed by atoms with E-state index in [1.54, 1.807) is 41.6 Å². The molecule has 0 aromatic carbocycles. The minimum absolute atomic E-state index is 0.294. The fraction of sp³-hybridized carbons (Fsp3) is 0.0667. The summed E-state index contributed by atoms with van der Waals surface area (Å²) in [6.45, 7) is 0. The maximum Gasteiger partial charge on any atom is 0.417 e. The molecule has 0 amide bonds. The number of hydrogen-bond donors (Lipinski definition) is 0. The van der Waals surface area contributed by atoms with E-state index in [0.717, 1.165) is 16.8 Å². The van der Waals surface area contributed by atoms with E-state index in [9.17, 15) is 13.2 Å². The molecule has 0 saturated carbocycles. The lowest BCUT2D eigenvalue weighted by atomic mass is 10.2. The summed E-state index contributed by atoms with van der Waals surface area (Å²) in [5.74, 6) is 0.294. The number of aromatic nitrogens is 6. The van der Waals surface area contributed by atoms with E-state index in [4.69, 9.17) is 0 Å². The third-order valence-electron chi connectivity index (χ3n) is 3.45. The molecule has 0 aliphatic rings. The number of pyridine rings is 2. The molecule has 9 heteroatoms. The summed E-state index contributed by atoms with van der Waals surface area (Å²) in [4.78, 5) is 8.35. The van der Waals surface area contributed by atoms with Crippen molar-refractivity contribution in [1.29, 1.82) is 0 Å². The van der Waals surface area contributed by atoms with Gasteiger partial charge in [0.15, 0.2) is 11.5 Å². The molecule has 4 rings (SSSR count). The molecule has 0 aliphatic heterocycles. The predicted octanol–water partition coefficient (Wildman–Crippen LogP) is 3.00. The number of rotatable bonds is 2. The van der Waals surface area contributed by atoms with Gasteiger partial charge >= 0.3 is 6.18 Å². The number of hydrogen-bond acceptors (Lipinski definition) is 4. The molecule has 0 bridgehead atoms. The molecule has 4 aromatic heterocycles. The van der Waals surface area contributed by atoms with Crippen molar-refractivity contribution in [3.8, 4) is 17.1 Å². The van der Waals surface area contributed by atoms with Gasteiger partial charge in [0.05, 0.1) is 17.4 Å². The Balaban J connectivity index is 1.86. The van der Waals surface area contributed by atoms with E-state index in [-0.39, 0.29) is 0 Å². The summed E-state index contributed by atoms with van der Waals surface area (Å²) in [6, 6.07) is 5.71. The van der Waals surface area contributed by atoms with Crippen LogP contribution >= 0.6 is 0 Å². The molecule has 0 fully saturated rings. The molecule has 0 aliphatic carbocycles. The van der Waals surface area contributed by atoms with Crippen LogP contribution in [0.4, 0.5) is 13.2 Å². The SMILES string of the molecule is FC(F)(F)c1ccc2nc(-c3ccncc3-n3cccn3)nn2c1. The highest BCUT2D eigenvalue weighted by molar-refractivity contribution is 5.67. The van der Waals surface area contributed by atoms with Crippen molar-refractivity contribution < 1.29 is 13.2 Å². The number of nitrogens with zero attached hydrogens (tertiary/aromatic N) is 6. The van der Waals surface area contributed by atoms with Crippen molar-refractivity contribution in [1.82, 2.24) is 29.4 Å². The van der Waals surface area contributed by atoms with Gasteiger partial charge in [-0.05, 0) is 24.3 Å². The van der Waals surface area contributed by atoms with E-state index < -0.39 is 11.7 Å². The van der Waals surface area contributed by atoms with Crippen molar-refractivity contribution in [2.24, 2.45) is 0 Å². The van der Waals surface area contributed by atoms with Crippen molar-refractivity contribution in [3.05, 3.63) is 60.8 Å². The number of halogens is 3. The summed E-state index contributed by atoms with van der Waals surface area (Å²) in [5.41, 5.74) is 0.787. The normalized spacial score (nSPS) is 12.0. The van der Waals surface area contributed by atoms with E-state index in [1.807, 2.05) is 0 Å². The first-order chi connectivity index (χ1) is 11.5. The van der Waals surface area contributed by atoms with Gasteiger partial charge in [0, 0.05) is 30.4 Å². The van der Waals surface area contributed by atoms with Gasteiger partial charge in [-0.25, -0.2) is 14.2 Å². The zero-order valence-corrected chi connectivity index (χ0v) is 12.0. The summed E-state index contributed by atoms with van der Waals surface area (Å²) < 4.78 is 41.2. The Bertz CT molecular complexity index is 1000. The molecule has 0 saturated heterocycles. The van der Waals surface area contributed by atoms with Crippen LogP contribution in [0.1, 0.15) is 5.56 Å². The van der Waals surface area contributed by atoms with Crippen LogP contribution in [0, 0.1) is 0 Å². The summed E-state index contributed by atoms with van der Waals surface area (Å²) in [6.07, 6.45) is 2.99. The van der Waals surface area contributed by atoms with E-state index >= 15 is 0 Å². The molecule has 0 unspecified atom stereocenters. The fourth-order valence-corrected chi connectivity index (χ4v) is 2.33. The molecule has 0 radical (unpaired) electrons. The zero-order valence-electron chi connectivity index (χ0n) is 12.0. The van der Waals surface area contributed by atoms with Gasteiger partial charge in [0.1, 0.15) is 0 Å². The lowest BCUT2D eigenvalue weighted by molar-refractivity contribution is -0.137. The maximum atomic E-state index is 12.8. The molecule has 24 heavy (non-hydrogen) atoms. The van der Waals surface area contributed by atoms with Crippen molar-refractivity contribution in [2.75, 3.05) is 0 Å². The maximum absolute atomic E-state index is 12.8. The van der Waals surface area contributed by atoms with Crippen LogP contribution in [0.15, 0.2) is 55.2 Å². The molecule has 0 N–H and O–H groups in total. The lowest BCUT2D eigenvalue weighted by Crippen LogP contribution is -2.06. The van der Waals surface area contributed by atoms with Crippen LogP contribution in [0.3, 0.4) is 0 Å². The topological polar surface area (TPSA) is 60.9 Å². The van der Waals surface area contributed by atoms with Crippen LogP contribution < -0.4 is 0 Å². The second kappa shape index (κ2) is 5.15. The van der Waals surface area contributed by atoms with Gasteiger partial charge in [-0.15, -0.1) is 5.10 Å². The van der Waals surface area contributed by atoms with E-state index in [1.165, 1.54) is 6.07 Å². The van der Waals surface area contributed by atoms with Gasteiger partial charge < -0.3 is 0 Å². The summed E-state index contributed by atoms with van der Waals surface area (Å²) in [5, 5.41) is 8.30. The van der Waals surface area contributed by atoms with Crippen molar-refractivity contribution in [3.63, 3.8) is 0 Å². The Labute approximate surface area is 133 Å². The molecule has 4 aromatic rings. The Morgan fingerprint density at radius 2 is 1.92 bits per heavy atom. The van der Waals surface area contributed by atoms with Crippen molar-refractivity contribution >= 4 is 5.65 Å². The third-order valence-corrected chi connectivity index (χ3v) is 3.45. The Morgan fingerprint density at radius 3 is 2.67 bits per heavy atom. The summed E-state index contributed by atoms with van der Waals surface area (Å²) in [7, 11) is 0. The minimum Gasteiger partial charge on any atom is -0.262 e. The average molecular weight is 330 g/mol. The highest BCUT2D eigenvalue weighted by Crippen LogP contribution is 2.29. The van der Waals surface area contributed by atoms with Crippen LogP contribution in [-0.2, 0) is 6.18 Å². The zero-order chi connectivity index (χ0) is 16.7. The first-order valence-electron chi connectivity index (χ1n) is 6.90. The quantitative estimate of drug-likeness (QED) is 0.567. The molecular weight excluding hydrogens is 321 g/mol. The Hall–Kier alpha value is -3.23. The second-order valence-corrected chi connectivity index (χ2v) is 5.00. The minimum atomic E-state index is -4.43. The molecule has 4 heterocycles. The highest BCUT2D eigenvalue weighted by Gasteiger charge is 2.31. The summed E-state index contributed by atoms with van der Waals surface area (Å²) >= 11 is 0. The van der Waals surface area contributed by atoms with E-state index in [2.05, 4.69) is 20.2 Å². The number of fused-ring (bicyclic) bond motifs is 1. The first-order valence-corrected chi connectivity index (χ1v) is 6.90. The lowest BCUT2D eigenvalue weighted by Gasteiger charge is -2.05. The van der Waals surface area contributed by atoms with Crippen LogP contribution in [0.25, 0.3) is 22.7 Å². The standard InChI is InChI=1S/C15H9F3N6/c16-15(17,18)10-2-3-13-21-14(22-24(13)9-10)11-4-6-19-8-12(11)23-7-1-5-20-23/h1-9H. The van der Waals surface area contributed by atoms with Crippen LogP contribution in [0.2, 0.25) is 0 Å².